The first-order valence-electron chi connectivity index (χ1n) is 7.00. The lowest BCUT2D eigenvalue weighted by Gasteiger charge is -2.35. The van der Waals surface area contributed by atoms with E-state index >= 15 is 0 Å². The predicted octanol–water partition coefficient (Wildman–Crippen LogP) is 3.00. The van der Waals surface area contributed by atoms with Crippen molar-refractivity contribution in [3.8, 4) is 5.75 Å². The Kier molecular flexibility index (Phi) is 5.65. The van der Waals surface area contributed by atoms with Crippen molar-refractivity contribution in [3.05, 3.63) is 27.8 Å². The highest BCUT2D eigenvalue weighted by Crippen LogP contribution is 2.25. The average Bonchev–Trinajstić information content (AvgIpc) is 2.43. The summed E-state index contributed by atoms with van der Waals surface area (Å²) in [6.45, 7) is 3.51. The fourth-order valence-corrected chi connectivity index (χ4v) is 3.13. The Balaban J connectivity index is 1.88. The Bertz CT molecular complexity index is 458. The van der Waals surface area contributed by atoms with Crippen LogP contribution in [0.4, 0.5) is 0 Å². The monoisotopic (exact) mass is 389 g/mol. The maximum absolute atomic E-state index is 11.2. The molecule has 20 heavy (non-hydrogen) atoms. The molecule has 1 aromatic rings. The number of hydrogen-bond acceptors (Lipinski definition) is 3. The zero-order valence-electron chi connectivity index (χ0n) is 11.6. The third-order valence-electron chi connectivity index (χ3n) is 3.72. The van der Waals surface area contributed by atoms with Crippen LogP contribution < -0.4 is 4.74 Å². The average molecular weight is 389 g/mol. The molecule has 1 fully saturated rings. The summed E-state index contributed by atoms with van der Waals surface area (Å²) in [5, 5.41) is 9.19. The van der Waals surface area contributed by atoms with E-state index in [0.717, 1.165) is 35.3 Å². The number of piperidine rings is 1. The highest BCUT2D eigenvalue weighted by Gasteiger charge is 2.29. The molecule has 1 aliphatic heterocycles. The minimum absolute atomic E-state index is 0.188. The number of halogens is 1. The van der Waals surface area contributed by atoms with Gasteiger partial charge in [0.25, 0.3) is 0 Å². The third kappa shape index (κ3) is 3.85. The number of para-hydroxylation sites is 1. The standard InChI is InChI=1S/C15H20INO3/c1-2-13(15(18)19)17-9-7-11(8-10-17)20-14-6-4-3-5-12(14)16/h3-6,11,13H,2,7-10H2,1H3,(H,18,19). The first-order valence-corrected chi connectivity index (χ1v) is 8.07. The van der Waals surface area contributed by atoms with E-state index in [0.29, 0.717) is 6.42 Å². The van der Waals surface area contributed by atoms with E-state index in [1.807, 2.05) is 31.2 Å². The molecule has 1 heterocycles. The fourth-order valence-electron chi connectivity index (χ4n) is 2.61. The van der Waals surface area contributed by atoms with Crippen LogP contribution in [0.5, 0.6) is 5.75 Å². The van der Waals surface area contributed by atoms with E-state index in [1.54, 1.807) is 0 Å². The maximum atomic E-state index is 11.2. The lowest BCUT2D eigenvalue weighted by Crippen LogP contribution is -2.47. The van der Waals surface area contributed by atoms with Gasteiger partial charge >= 0.3 is 5.97 Å². The number of nitrogens with zero attached hydrogens (tertiary/aromatic N) is 1. The van der Waals surface area contributed by atoms with Crippen LogP contribution in [0, 0.1) is 3.57 Å². The molecule has 2 rings (SSSR count). The van der Waals surface area contributed by atoms with E-state index in [1.165, 1.54) is 0 Å². The van der Waals surface area contributed by atoms with Crippen molar-refractivity contribution in [1.82, 2.24) is 4.90 Å². The molecule has 1 saturated heterocycles. The molecule has 1 atom stereocenters. The van der Waals surface area contributed by atoms with Crippen LogP contribution in [0.2, 0.25) is 0 Å². The van der Waals surface area contributed by atoms with Crippen LogP contribution in [-0.4, -0.2) is 41.2 Å². The van der Waals surface area contributed by atoms with Crippen LogP contribution in [0.15, 0.2) is 24.3 Å². The number of benzene rings is 1. The number of carboxylic acid groups (broad SMARTS) is 1. The molecule has 0 bridgehead atoms. The second kappa shape index (κ2) is 7.26. The SMILES string of the molecule is CCC(C(=O)O)N1CCC(Oc2ccccc2I)CC1. The van der Waals surface area contributed by atoms with Gasteiger partial charge in [0.1, 0.15) is 17.9 Å². The summed E-state index contributed by atoms with van der Waals surface area (Å²) in [5.41, 5.74) is 0. The molecular formula is C15H20INO3. The number of ether oxygens (including phenoxy) is 1. The fraction of sp³-hybridized carbons (Fsp3) is 0.533. The molecule has 4 nitrogen and oxygen atoms in total. The van der Waals surface area contributed by atoms with Crippen LogP contribution in [0.3, 0.4) is 0 Å². The van der Waals surface area contributed by atoms with Crippen molar-refractivity contribution in [2.45, 2.75) is 38.3 Å². The number of aliphatic carboxylic acids is 1. The van der Waals surface area contributed by atoms with E-state index in [-0.39, 0.29) is 12.1 Å². The van der Waals surface area contributed by atoms with Crippen molar-refractivity contribution in [3.63, 3.8) is 0 Å². The molecule has 0 aromatic heterocycles. The number of hydrogen-bond donors (Lipinski definition) is 1. The Morgan fingerprint density at radius 2 is 2.10 bits per heavy atom. The van der Waals surface area contributed by atoms with Gasteiger partial charge in [0.15, 0.2) is 0 Å². The summed E-state index contributed by atoms with van der Waals surface area (Å²) < 4.78 is 7.14. The molecule has 0 aliphatic carbocycles. The van der Waals surface area contributed by atoms with E-state index in [2.05, 4.69) is 27.5 Å². The Morgan fingerprint density at radius 3 is 2.65 bits per heavy atom. The topological polar surface area (TPSA) is 49.8 Å². The highest BCUT2D eigenvalue weighted by atomic mass is 127. The first-order chi connectivity index (χ1) is 9.61. The van der Waals surface area contributed by atoms with Crippen molar-refractivity contribution in [1.29, 1.82) is 0 Å². The lowest BCUT2D eigenvalue weighted by molar-refractivity contribution is -0.144. The number of rotatable bonds is 5. The van der Waals surface area contributed by atoms with Gasteiger partial charge < -0.3 is 9.84 Å². The van der Waals surface area contributed by atoms with Gasteiger partial charge in [-0.15, -0.1) is 0 Å². The lowest BCUT2D eigenvalue weighted by atomic mass is 10.0. The summed E-state index contributed by atoms with van der Waals surface area (Å²) >= 11 is 2.27. The largest absolute Gasteiger partial charge is 0.489 e. The maximum Gasteiger partial charge on any atom is 0.320 e. The van der Waals surface area contributed by atoms with Crippen LogP contribution >= 0.6 is 22.6 Å². The second-order valence-corrected chi connectivity index (χ2v) is 6.21. The molecule has 5 heteroatoms. The predicted molar refractivity (Wildman–Crippen MR) is 86.1 cm³/mol. The molecule has 0 spiro atoms. The molecule has 0 radical (unpaired) electrons. The summed E-state index contributed by atoms with van der Waals surface area (Å²) in [4.78, 5) is 13.2. The molecule has 1 aromatic carbocycles. The Labute approximate surface area is 133 Å². The highest BCUT2D eigenvalue weighted by molar-refractivity contribution is 14.1. The summed E-state index contributed by atoms with van der Waals surface area (Å²) in [6, 6.07) is 7.64. The Morgan fingerprint density at radius 1 is 1.45 bits per heavy atom. The van der Waals surface area contributed by atoms with Gasteiger partial charge in [0.05, 0.1) is 3.57 Å². The molecule has 1 unspecified atom stereocenters. The van der Waals surface area contributed by atoms with Gasteiger partial charge in [-0.1, -0.05) is 19.1 Å². The molecule has 1 aliphatic rings. The first kappa shape index (κ1) is 15.6. The number of carbonyl (C=O) groups is 1. The quantitative estimate of drug-likeness (QED) is 0.787. The van der Waals surface area contributed by atoms with Gasteiger partial charge in [0, 0.05) is 13.1 Å². The van der Waals surface area contributed by atoms with Crippen molar-refractivity contribution < 1.29 is 14.6 Å². The van der Waals surface area contributed by atoms with Crippen LogP contribution in [-0.2, 0) is 4.79 Å². The molecular weight excluding hydrogens is 369 g/mol. The van der Waals surface area contributed by atoms with Gasteiger partial charge in [-0.3, -0.25) is 9.69 Å². The zero-order chi connectivity index (χ0) is 14.5. The van der Waals surface area contributed by atoms with Crippen LogP contribution in [0.1, 0.15) is 26.2 Å². The van der Waals surface area contributed by atoms with Crippen molar-refractivity contribution >= 4 is 28.6 Å². The summed E-state index contributed by atoms with van der Waals surface area (Å²) in [5.74, 6) is 0.210. The van der Waals surface area contributed by atoms with Crippen molar-refractivity contribution in [2.24, 2.45) is 0 Å². The molecule has 1 N–H and O–H groups in total. The van der Waals surface area contributed by atoms with Gasteiger partial charge in [0.2, 0.25) is 0 Å². The smallest absolute Gasteiger partial charge is 0.320 e. The van der Waals surface area contributed by atoms with E-state index in [4.69, 9.17) is 4.74 Å². The molecule has 0 saturated carbocycles. The minimum atomic E-state index is -0.718. The summed E-state index contributed by atoms with van der Waals surface area (Å²) in [7, 11) is 0. The minimum Gasteiger partial charge on any atom is -0.489 e. The van der Waals surface area contributed by atoms with E-state index in [9.17, 15) is 9.90 Å². The van der Waals surface area contributed by atoms with Crippen molar-refractivity contribution in [2.75, 3.05) is 13.1 Å². The second-order valence-electron chi connectivity index (χ2n) is 5.05. The third-order valence-corrected chi connectivity index (χ3v) is 4.61. The number of carboxylic acids is 1. The zero-order valence-corrected chi connectivity index (χ0v) is 13.7. The molecule has 0 amide bonds. The summed E-state index contributed by atoms with van der Waals surface area (Å²) in [6.07, 6.45) is 2.61. The van der Waals surface area contributed by atoms with Gasteiger partial charge in [-0.2, -0.15) is 0 Å². The van der Waals surface area contributed by atoms with E-state index < -0.39 is 5.97 Å². The van der Waals surface area contributed by atoms with Crippen LogP contribution in [0.25, 0.3) is 0 Å². The van der Waals surface area contributed by atoms with Gasteiger partial charge in [-0.25, -0.2) is 0 Å². The molecule has 110 valence electrons. The Hall–Kier alpha value is -0.820. The van der Waals surface area contributed by atoms with Gasteiger partial charge in [-0.05, 0) is 54.0 Å². The normalized spacial score (nSPS) is 18.7. The number of likely N-dealkylation sites (tertiary alicyclic amines) is 1.